The molecule has 28 heavy (non-hydrogen) atoms. The van der Waals surface area contributed by atoms with E-state index in [1.165, 1.54) is 16.4 Å². The van der Waals surface area contributed by atoms with Gasteiger partial charge >= 0.3 is 6.18 Å². The van der Waals surface area contributed by atoms with Crippen LogP contribution in [0.15, 0.2) is 4.99 Å². The lowest BCUT2D eigenvalue weighted by Gasteiger charge is -2.37. The summed E-state index contributed by atoms with van der Waals surface area (Å²) in [6, 6.07) is 0.000884. The number of nitrogens with one attached hydrogen (secondary N) is 1. The molecule has 2 aliphatic heterocycles. The van der Waals surface area contributed by atoms with Crippen LogP contribution in [0.4, 0.5) is 18.3 Å². The maximum Gasteiger partial charge on any atom is 0.401 e. The zero-order valence-electron chi connectivity index (χ0n) is 16.4. The first-order chi connectivity index (χ1) is 13.4. The van der Waals surface area contributed by atoms with Gasteiger partial charge in [0.1, 0.15) is 5.82 Å². The number of anilines is 1. The fourth-order valence-corrected chi connectivity index (χ4v) is 4.34. The van der Waals surface area contributed by atoms with E-state index in [2.05, 4.69) is 29.5 Å². The highest BCUT2D eigenvalue weighted by molar-refractivity contribution is 7.09. The Kier molecular flexibility index (Phi) is 6.97. The third-order valence-corrected chi connectivity index (χ3v) is 5.75. The van der Waals surface area contributed by atoms with Crippen LogP contribution in [-0.2, 0) is 6.42 Å². The second-order valence-electron chi connectivity index (χ2n) is 7.10. The lowest BCUT2D eigenvalue weighted by atomic mass is 10.2. The summed E-state index contributed by atoms with van der Waals surface area (Å²) < 4.78 is 42.2. The van der Waals surface area contributed by atoms with Crippen molar-refractivity contribution in [2.24, 2.45) is 4.99 Å². The van der Waals surface area contributed by atoms with Crippen molar-refractivity contribution in [2.45, 2.75) is 38.9 Å². The molecule has 1 aromatic heterocycles. The van der Waals surface area contributed by atoms with Gasteiger partial charge in [0.2, 0.25) is 5.13 Å². The number of hydrogen-bond donors (Lipinski definition) is 1. The van der Waals surface area contributed by atoms with Crippen LogP contribution in [0.1, 0.15) is 26.1 Å². The van der Waals surface area contributed by atoms with Crippen molar-refractivity contribution in [1.29, 1.82) is 0 Å². The molecule has 3 rings (SSSR count). The molecule has 2 fully saturated rings. The van der Waals surface area contributed by atoms with Crippen molar-refractivity contribution in [3.63, 3.8) is 0 Å². The number of nitrogens with zero attached hydrogens (tertiary/aromatic N) is 6. The highest BCUT2D eigenvalue weighted by Crippen LogP contribution is 2.21. The van der Waals surface area contributed by atoms with Crippen molar-refractivity contribution in [3.8, 4) is 0 Å². The minimum absolute atomic E-state index is 0.000884. The van der Waals surface area contributed by atoms with Gasteiger partial charge in [0, 0.05) is 69.8 Å². The number of halogens is 3. The lowest BCUT2D eigenvalue weighted by molar-refractivity contribution is -0.143. The molecule has 2 aliphatic rings. The number of aromatic nitrogens is 2. The van der Waals surface area contributed by atoms with Gasteiger partial charge < -0.3 is 15.1 Å². The summed E-state index contributed by atoms with van der Waals surface area (Å²) in [5.74, 6) is 1.68. The van der Waals surface area contributed by atoms with Crippen molar-refractivity contribution in [1.82, 2.24) is 24.5 Å². The van der Waals surface area contributed by atoms with Gasteiger partial charge in [0.15, 0.2) is 5.96 Å². The average Bonchev–Trinajstić information content (AvgIpc) is 3.29. The van der Waals surface area contributed by atoms with Crippen LogP contribution in [0.2, 0.25) is 0 Å². The van der Waals surface area contributed by atoms with E-state index in [9.17, 15) is 13.2 Å². The summed E-state index contributed by atoms with van der Waals surface area (Å²) >= 11 is 1.43. The van der Waals surface area contributed by atoms with E-state index in [0.29, 0.717) is 26.1 Å². The third-order valence-electron chi connectivity index (χ3n) is 4.94. The number of guanidine groups is 1. The molecule has 1 aromatic rings. The van der Waals surface area contributed by atoms with Gasteiger partial charge in [-0.05, 0) is 13.3 Å². The molecule has 0 spiro atoms. The molecule has 3 heterocycles. The van der Waals surface area contributed by atoms with Gasteiger partial charge in [-0.15, -0.1) is 0 Å². The quantitative estimate of drug-likeness (QED) is 0.581. The normalized spacial score (nSPS) is 22.2. The molecule has 1 N–H and O–H groups in total. The van der Waals surface area contributed by atoms with E-state index >= 15 is 0 Å². The molecule has 0 saturated carbocycles. The molecule has 158 valence electrons. The molecule has 0 amide bonds. The molecule has 1 unspecified atom stereocenters. The Hall–Kier alpha value is -1.62. The fourth-order valence-electron chi connectivity index (χ4n) is 3.54. The molecular weight excluding hydrogens is 391 g/mol. The Balaban J connectivity index is 1.52. The zero-order valence-corrected chi connectivity index (χ0v) is 17.2. The minimum atomic E-state index is -4.14. The van der Waals surface area contributed by atoms with E-state index in [4.69, 9.17) is 0 Å². The minimum Gasteiger partial charge on any atom is -0.352 e. The number of aliphatic imine (C=N–C) groups is 1. The summed E-state index contributed by atoms with van der Waals surface area (Å²) in [5, 5.41) is 4.35. The van der Waals surface area contributed by atoms with E-state index in [-0.39, 0.29) is 6.04 Å². The summed E-state index contributed by atoms with van der Waals surface area (Å²) in [6.07, 6.45) is -2.61. The monoisotopic (exact) mass is 419 g/mol. The van der Waals surface area contributed by atoms with E-state index in [1.807, 2.05) is 13.8 Å². The van der Waals surface area contributed by atoms with Crippen LogP contribution in [0.3, 0.4) is 0 Å². The standard InChI is InChI=1S/C17H28F3N7S/c1-3-14-23-16(28-24-14)27-9-7-26(8-10-27)15(21-4-2)22-13-5-6-25(11-13)12-17(18,19)20/h13H,3-12H2,1-2H3,(H,21,22). The predicted molar refractivity (Wildman–Crippen MR) is 105 cm³/mol. The van der Waals surface area contributed by atoms with E-state index < -0.39 is 12.7 Å². The number of alkyl halides is 3. The number of likely N-dealkylation sites (tertiary alicyclic amines) is 1. The zero-order chi connectivity index (χ0) is 20.1. The van der Waals surface area contributed by atoms with Gasteiger partial charge in [-0.3, -0.25) is 9.89 Å². The van der Waals surface area contributed by atoms with Gasteiger partial charge in [-0.2, -0.15) is 17.5 Å². The van der Waals surface area contributed by atoms with Crippen molar-refractivity contribution in [2.75, 3.05) is 57.3 Å². The Morgan fingerprint density at radius 2 is 1.96 bits per heavy atom. The van der Waals surface area contributed by atoms with E-state index in [0.717, 1.165) is 49.5 Å². The Bertz CT molecular complexity index is 655. The second-order valence-corrected chi connectivity index (χ2v) is 7.83. The fraction of sp³-hybridized carbons (Fsp3) is 0.824. The molecule has 0 bridgehead atoms. The molecule has 0 aromatic carbocycles. The third kappa shape index (κ3) is 5.69. The van der Waals surface area contributed by atoms with Crippen LogP contribution in [0, 0.1) is 0 Å². The molecule has 1 atom stereocenters. The van der Waals surface area contributed by atoms with Gasteiger partial charge in [-0.1, -0.05) is 6.92 Å². The lowest BCUT2D eigenvalue weighted by Crippen LogP contribution is -2.54. The van der Waals surface area contributed by atoms with Gasteiger partial charge in [0.25, 0.3) is 0 Å². The SMILES string of the molecule is CCN=C(NC1CCN(CC(F)(F)F)C1)N1CCN(c2nc(CC)ns2)CC1. The van der Waals surface area contributed by atoms with Crippen LogP contribution in [0.25, 0.3) is 0 Å². The number of rotatable bonds is 5. The first-order valence-electron chi connectivity index (χ1n) is 9.80. The number of hydrogen-bond acceptors (Lipinski definition) is 6. The molecular formula is C17H28F3N7S. The summed E-state index contributed by atoms with van der Waals surface area (Å²) in [7, 11) is 0. The predicted octanol–water partition coefficient (Wildman–Crippen LogP) is 1.82. The molecule has 7 nitrogen and oxygen atoms in total. The maximum atomic E-state index is 12.6. The highest BCUT2D eigenvalue weighted by Gasteiger charge is 2.35. The van der Waals surface area contributed by atoms with E-state index in [1.54, 1.807) is 0 Å². The molecule has 2 saturated heterocycles. The number of piperazine rings is 1. The Morgan fingerprint density at radius 1 is 1.21 bits per heavy atom. The second kappa shape index (κ2) is 9.25. The number of aryl methyl sites for hydroxylation is 1. The van der Waals surface area contributed by atoms with Crippen molar-refractivity contribution < 1.29 is 13.2 Å². The molecule has 11 heteroatoms. The van der Waals surface area contributed by atoms with Crippen molar-refractivity contribution >= 4 is 22.6 Å². The summed E-state index contributed by atoms with van der Waals surface area (Å²) in [6.45, 7) is 7.91. The van der Waals surface area contributed by atoms with Gasteiger partial charge in [0.05, 0.1) is 6.54 Å². The first-order valence-corrected chi connectivity index (χ1v) is 10.6. The first kappa shape index (κ1) is 21.1. The summed E-state index contributed by atoms with van der Waals surface area (Å²) in [5.41, 5.74) is 0. The van der Waals surface area contributed by atoms with Gasteiger partial charge in [-0.25, -0.2) is 4.98 Å². The van der Waals surface area contributed by atoms with Crippen LogP contribution in [-0.4, -0.2) is 89.7 Å². The largest absolute Gasteiger partial charge is 0.401 e. The van der Waals surface area contributed by atoms with Crippen LogP contribution >= 0.6 is 11.5 Å². The van der Waals surface area contributed by atoms with Crippen LogP contribution < -0.4 is 10.2 Å². The Labute approximate surface area is 167 Å². The molecule has 0 radical (unpaired) electrons. The average molecular weight is 420 g/mol. The highest BCUT2D eigenvalue weighted by atomic mass is 32.1. The maximum absolute atomic E-state index is 12.6. The van der Waals surface area contributed by atoms with Crippen LogP contribution in [0.5, 0.6) is 0 Å². The molecule has 0 aliphatic carbocycles. The summed E-state index contributed by atoms with van der Waals surface area (Å²) in [4.78, 5) is 15.0. The topological polar surface area (TPSA) is 59.9 Å². The van der Waals surface area contributed by atoms with Crippen molar-refractivity contribution in [3.05, 3.63) is 5.82 Å². The Morgan fingerprint density at radius 3 is 2.57 bits per heavy atom. The smallest absolute Gasteiger partial charge is 0.352 e.